The van der Waals surface area contributed by atoms with E-state index in [0.29, 0.717) is 16.9 Å². The summed E-state index contributed by atoms with van der Waals surface area (Å²) in [5.74, 6) is 0.936. The number of halogens is 2. The van der Waals surface area contributed by atoms with Crippen LogP contribution in [0.4, 0.5) is 5.69 Å². The molecule has 5 nitrogen and oxygen atoms in total. The highest BCUT2D eigenvalue weighted by molar-refractivity contribution is 7.92. The molecule has 8 heteroatoms. The molecule has 1 amide bonds. The normalized spacial score (nSPS) is 25.7. The van der Waals surface area contributed by atoms with Crippen molar-refractivity contribution in [3.05, 3.63) is 28.2 Å². The number of nitrogens with one attached hydrogen (secondary N) is 1. The minimum atomic E-state index is -3.65. The minimum absolute atomic E-state index is 0.165. The van der Waals surface area contributed by atoms with Gasteiger partial charge in [-0.05, 0) is 49.3 Å². The fraction of sp³-hybridized carbons (Fsp3) is 0.562. The Morgan fingerprint density at radius 2 is 2.04 bits per heavy atom. The van der Waals surface area contributed by atoms with Crippen LogP contribution in [0.3, 0.4) is 0 Å². The van der Waals surface area contributed by atoms with Gasteiger partial charge in [-0.2, -0.15) is 0 Å². The molecule has 0 aliphatic heterocycles. The number of fused-ring (bicyclic) bond motifs is 2. The van der Waals surface area contributed by atoms with Crippen LogP contribution in [0.25, 0.3) is 0 Å². The number of benzene rings is 1. The molecule has 1 aromatic carbocycles. The summed E-state index contributed by atoms with van der Waals surface area (Å²) in [6.07, 6.45) is 5.62. The van der Waals surface area contributed by atoms with Crippen molar-refractivity contribution >= 4 is 44.8 Å². The molecular weight excluding hydrogens is 371 g/mol. The first-order chi connectivity index (χ1) is 11.2. The Morgan fingerprint density at radius 1 is 1.29 bits per heavy atom. The molecule has 132 valence electrons. The number of anilines is 1. The summed E-state index contributed by atoms with van der Waals surface area (Å²) in [4.78, 5) is 12.4. The first-order valence-corrected chi connectivity index (χ1v) is 10.6. The molecule has 1 aromatic rings. The van der Waals surface area contributed by atoms with Crippen LogP contribution in [0.5, 0.6) is 0 Å². The summed E-state index contributed by atoms with van der Waals surface area (Å²) < 4.78 is 25.3. The average molecular weight is 391 g/mol. The van der Waals surface area contributed by atoms with E-state index in [-0.39, 0.29) is 29.2 Å². The van der Waals surface area contributed by atoms with Gasteiger partial charge in [-0.1, -0.05) is 29.6 Å². The van der Waals surface area contributed by atoms with E-state index < -0.39 is 10.0 Å². The second-order valence-corrected chi connectivity index (χ2v) is 9.46. The number of amides is 1. The third kappa shape index (κ3) is 3.81. The van der Waals surface area contributed by atoms with Crippen LogP contribution < -0.4 is 9.62 Å². The van der Waals surface area contributed by atoms with Gasteiger partial charge in [0.25, 0.3) is 0 Å². The predicted molar refractivity (Wildman–Crippen MR) is 96.0 cm³/mol. The standard InChI is InChI=1S/C16H20Cl2N2O3S/c1-24(22,23)20(15-5-4-12(17)8-13(15)18)9-16(21)19-14-7-10-2-3-11(14)6-10/h4-5,8,10-11,14H,2-3,6-7,9H2,1H3,(H,19,21). The lowest BCUT2D eigenvalue weighted by molar-refractivity contribution is -0.120. The Morgan fingerprint density at radius 3 is 2.58 bits per heavy atom. The molecule has 0 radical (unpaired) electrons. The zero-order valence-corrected chi connectivity index (χ0v) is 15.7. The number of carbonyl (C=O) groups excluding carboxylic acids is 1. The molecule has 2 bridgehead atoms. The van der Waals surface area contributed by atoms with Crippen molar-refractivity contribution in [2.24, 2.45) is 11.8 Å². The van der Waals surface area contributed by atoms with Crippen molar-refractivity contribution in [1.29, 1.82) is 0 Å². The maximum absolute atomic E-state index is 12.4. The highest BCUT2D eigenvalue weighted by Gasteiger charge is 2.40. The molecule has 1 N–H and O–H groups in total. The smallest absolute Gasteiger partial charge is 0.241 e. The van der Waals surface area contributed by atoms with Crippen LogP contribution in [0, 0.1) is 11.8 Å². The number of rotatable bonds is 5. The van der Waals surface area contributed by atoms with Crippen LogP contribution >= 0.6 is 23.2 Å². The summed E-state index contributed by atoms with van der Waals surface area (Å²) in [5.41, 5.74) is 0.256. The number of sulfonamides is 1. The first-order valence-electron chi connectivity index (χ1n) is 7.96. The lowest BCUT2D eigenvalue weighted by Crippen LogP contribution is -2.45. The molecule has 0 heterocycles. The lowest BCUT2D eigenvalue weighted by atomic mass is 9.95. The Labute approximate surface area is 152 Å². The summed E-state index contributed by atoms with van der Waals surface area (Å²) in [7, 11) is -3.65. The average Bonchev–Trinajstić information content (AvgIpc) is 3.07. The van der Waals surface area contributed by atoms with Crippen LogP contribution in [0.1, 0.15) is 25.7 Å². The van der Waals surface area contributed by atoms with Crippen LogP contribution in [0.2, 0.25) is 10.0 Å². The van der Waals surface area contributed by atoms with E-state index in [1.807, 2.05) is 0 Å². The molecule has 2 saturated carbocycles. The monoisotopic (exact) mass is 390 g/mol. The number of carbonyl (C=O) groups is 1. The third-order valence-electron chi connectivity index (χ3n) is 4.95. The summed E-state index contributed by atoms with van der Waals surface area (Å²) >= 11 is 12.0. The zero-order valence-electron chi connectivity index (χ0n) is 13.3. The van der Waals surface area contributed by atoms with E-state index in [0.717, 1.165) is 23.4 Å². The van der Waals surface area contributed by atoms with Crippen molar-refractivity contribution in [2.45, 2.75) is 31.7 Å². The van der Waals surface area contributed by atoms with E-state index in [1.54, 1.807) is 6.07 Å². The van der Waals surface area contributed by atoms with E-state index >= 15 is 0 Å². The second-order valence-electron chi connectivity index (χ2n) is 6.71. The molecule has 2 aliphatic carbocycles. The molecule has 3 atom stereocenters. The van der Waals surface area contributed by atoms with Crippen molar-refractivity contribution in [1.82, 2.24) is 5.32 Å². The number of nitrogens with zero attached hydrogens (tertiary/aromatic N) is 1. The molecule has 2 aliphatic rings. The van der Waals surface area contributed by atoms with Crippen molar-refractivity contribution in [2.75, 3.05) is 17.1 Å². The second kappa shape index (κ2) is 6.73. The fourth-order valence-electron chi connectivity index (χ4n) is 3.87. The van der Waals surface area contributed by atoms with Gasteiger partial charge < -0.3 is 5.32 Å². The van der Waals surface area contributed by atoms with Crippen molar-refractivity contribution < 1.29 is 13.2 Å². The third-order valence-corrected chi connectivity index (χ3v) is 6.61. The maximum Gasteiger partial charge on any atom is 0.241 e. The van der Waals surface area contributed by atoms with E-state index in [2.05, 4.69) is 5.32 Å². The van der Waals surface area contributed by atoms with Gasteiger partial charge in [0.2, 0.25) is 15.9 Å². The first kappa shape index (κ1) is 17.8. The van der Waals surface area contributed by atoms with Gasteiger partial charge in [0.05, 0.1) is 17.0 Å². The van der Waals surface area contributed by atoms with E-state index in [1.165, 1.54) is 25.0 Å². The number of hydrogen-bond acceptors (Lipinski definition) is 3. The van der Waals surface area contributed by atoms with Gasteiger partial charge in [0, 0.05) is 11.1 Å². The minimum Gasteiger partial charge on any atom is -0.352 e. The molecular formula is C16H20Cl2N2O3S. The lowest BCUT2D eigenvalue weighted by Gasteiger charge is -2.26. The summed E-state index contributed by atoms with van der Waals surface area (Å²) in [6, 6.07) is 4.69. The Hall–Kier alpha value is -0.980. The molecule has 2 fully saturated rings. The van der Waals surface area contributed by atoms with E-state index in [9.17, 15) is 13.2 Å². The molecule has 24 heavy (non-hydrogen) atoms. The molecule has 0 aromatic heterocycles. The van der Waals surface area contributed by atoms with E-state index in [4.69, 9.17) is 23.2 Å². The maximum atomic E-state index is 12.4. The predicted octanol–water partition coefficient (Wildman–Crippen LogP) is 3.06. The van der Waals surface area contributed by atoms with Gasteiger partial charge in [0.1, 0.15) is 6.54 Å². The topological polar surface area (TPSA) is 66.5 Å². The molecule has 3 unspecified atom stereocenters. The van der Waals surface area contributed by atoms with Gasteiger partial charge in [0.15, 0.2) is 0 Å². The highest BCUT2D eigenvalue weighted by atomic mass is 35.5. The Kier molecular flexibility index (Phi) is 5.00. The Balaban J connectivity index is 1.74. The SMILES string of the molecule is CS(=O)(=O)N(CC(=O)NC1CC2CCC1C2)c1ccc(Cl)cc1Cl. The number of hydrogen-bond donors (Lipinski definition) is 1. The van der Waals surface area contributed by atoms with Gasteiger partial charge in [-0.15, -0.1) is 0 Å². The summed E-state index contributed by atoms with van der Waals surface area (Å²) in [5, 5.41) is 3.60. The van der Waals surface area contributed by atoms with Crippen LogP contribution in [-0.2, 0) is 14.8 Å². The Bertz CT molecular complexity index is 754. The van der Waals surface area contributed by atoms with Crippen LogP contribution in [0.15, 0.2) is 18.2 Å². The molecule has 0 spiro atoms. The fourth-order valence-corrected chi connectivity index (χ4v) is 5.30. The largest absolute Gasteiger partial charge is 0.352 e. The van der Waals surface area contributed by atoms with Crippen molar-refractivity contribution in [3.8, 4) is 0 Å². The molecule has 0 saturated heterocycles. The van der Waals surface area contributed by atoms with Gasteiger partial charge in [-0.25, -0.2) is 8.42 Å². The van der Waals surface area contributed by atoms with Gasteiger partial charge >= 0.3 is 0 Å². The van der Waals surface area contributed by atoms with Crippen LogP contribution in [-0.4, -0.2) is 33.2 Å². The molecule has 3 rings (SSSR count). The quantitative estimate of drug-likeness (QED) is 0.839. The summed E-state index contributed by atoms with van der Waals surface area (Å²) in [6.45, 7) is -0.284. The van der Waals surface area contributed by atoms with Crippen molar-refractivity contribution in [3.63, 3.8) is 0 Å². The zero-order chi connectivity index (χ0) is 17.5. The van der Waals surface area contributed by atoms with Gasteiger partial charge in [-0.3, -0.25) is 9.10 Å². The highest BCUT2D eigenvalue weighted by Crippen LogP contribution is 2.44.